The molecular formula is C16H24ClFN2O3S. The molecule has 136 valence electrons. The van der Waals surface area contributed by atoms with Gasteiger partial charge in [-0.3, -0.25) is 4.79 Å². The van der Waals surface area contributed by atoms with Crippen molar-refractivity contribution in [2.75, 3.05) is 25.9 Å². The number of benzene rings is 1. The summed E-state index contributed by atoms with van der Waals surface area (Å²) < 4.78 is 37.9. The summed E-state index contributed by atoms with van der Waals surface area (Å²) in [5, 5.41) is 0. The molecular weight excluding hydrogens is 355 g/mol. The number of Topliss-reactive ketones (excluding diaryl/α,β-unsaturated/α-hetero) is 1. The van der Waals surface area contributed by atoms with E-state index in [1.54, 1.807) is 0 Å². The van der Waals surface area contributed by atoms with Crippen LogP contribution in [0.3, 0.4) is 0 Å². The number of piperidine rings is 1. The molecule has 0 spiro atoms. The molecule has 1 fully saturated rings. The Bertz CT molecular complexity index is 629. The van der Waals surface area contributed by atoms with Gasteiger partial charge in [0.25, 0.3) is 0 Å². The largest absolute Gasteiger partial charge is 0.303 e. The Hall–Kier alpha value is -1.02. The molecule has 0 aromatic heterocycles. The summed E-state index contributed by atoms with van der Waals surface area (Å²) in [6.07, 6.45) is 3.95. The topological polar surface area (TPSA) is 66.5 Å². The van der Waals surface area contributed by atoms with Crippen LogP contribution in [-0.4, -0.2) is 51.0 Å². The lowest BCUT2D eigenvalue weighted by Crippen LogP contribution is -2.44. The van der Waals surface area contributed by atoms with Gasteiger partial charge in [-0.25, -0.2) is 17.5 Å². The molecule has 1 aliphatic heterocycles. The molecule has 0 saturated carbocycles. The fourth-order valence-corrected chi connectivity index (χ4v) is 3.66. The second-order valence-electron chi connectivity index (χ2n) is 6.04. The number of nitrogens with one attached hydrogen (secondary N) is 1. The first kappa shape index (κ1) is 21.0. The van der Waals surface area contributed by atoms with Crippen molar-refractivity contribution in [3.8, 4) is 0 Å². The Morgan fingerprint density at radius 3 is 2.38 bits per heavy atom. The van der Waals surface area contributed by atoms with Crippen LogP contribution >= 0.6 is 12.4 Å². The number of sulfonamides is 1. The summed E-state index contributed by atoms with van der Waals surface area (Å²) in [7, 11) is -3.14. The van der Waals surface area contributed by atoms with Crippen molar-refractivity contribution in [1.29, 1.82) is 0 Å². The fraction of sp³-hybridized carbons (Fsp3) is 0.562. The number of hydrogen-bond donors (Lipinski definition) is 1. The Morgan fingerprint density at radius 1 is 1.25 bits per heavy atom. The van der Waals surface area contributed by atoms with Gasteiger partial charge >= 0.3 is 0 Å². The molecule has 1 heterocycles. The van der Waals surface area contributed by atoms with Gasteiger partial charge in [-0.2, -0.15) is 0 Å². The van der Waals surface area contributed by atoms with Crippen LogP contribution in [0, 0.1) is 5.82 Å². The van der Waals surface area contributed by atoms with Crippen molar-refractivity contribution in [3.63, 3.8) is 0 Å². The standard InChI is InChI=1S/C16H23FN2O3S.ClH/c1-23(21,22)18-15-8-11-19(12-9-15)10-2-3-16(20)13-4-6-14(17)7-5-13;/h4-7,15,18H,2-3,8-12H2,1H3;1H. The van der Waals surface area contributed by atoms with Gasteiger partial charge < -0.3 is 4.90 Å². The highest BCUT2D eigenvalue weighted by Crippen LogP contribution is 2.13. The first-order chi connectivity index (χ1) is 10.8. The van der Waals surface area contributed by atoms with Crippen molar-refractivity contribution in [3.05, 3.63) is 35.6 Å². The SMILES string of the molecule is CS(=O)(=O)NC1CCN(CCCC(=O)c2ccc(F)cc2)CC1.Cl. The zero-order valence-corrected chi connectivity index (χ0v) is 15.3. The number of rotatable bonds is 7. The maximum absolute atomic E-state index is 12.8. The van der Waals surface area contributed by atoms with Gasteiger partial charge in [0, 0.05) is 18.0 Å². The quantitative estimate of drug-likeness (QED) is 0.739. The van der Waals surface area contributed by atoms with Crippen molar-refractivity contribution in [1.82, 2.24) is 9.62 Å². The maximum atomic E-state index is 12.8. The predicted molar refractivity (Wildman–Crippen MR) is 94.7 cm³/mol. The highest BCUT2D eigenvalue weighted by molar-refractivity contribution is 7.88. The number of nitrogens with zero attached hydrogens (tertiary/aromatic N) is 1. The minimum Gasteiger partial charge on any atom is -0.303 e. The van der Waals surface area contributed by atoms with Gasteiger partial charge in [-0.1, -0.05) is 0 Å². The average molecular weight is 379 g/mol. The van der Waals surface area contributed by atoms with Crippen molar-refractivity contribution < 1.29 is 17.6 Å². The summed E-state index contributed by atoms with van der Waals surface area (Å²) >= 11 is 0. The van der Waals surface area contributed by atoms with Crippen LogP contribution in [0.1, 0.15) is 36.0 Å². The zero-order valence-electron chi connectivity index (χ0n) is 13.7. The van der Waals surface area contributed by atoms with Crippen LogP contribution in [0.5, 0.6) is 0 Å². The number of carbonyl (C=O) groups excluding carboxylic acids is 1. The molecule has 2 rings (SSSR count). The molecule has 0 unspecified atom stereocenters. The molecule has 0 bridgehead atoms. The van der Waals surface area contributed by atoms with Gasteiger partial charge in [0.15, 0.2) is 5.78 Å². The van der Waals surface area contributed by atoms with Crippen LogP contribution < -0.4 is 4.72 Å². The van der Waals surface area contributed by atoms with E-state index in [0.29, 0.717) is 12.0 Å². The second kappa shape index (κ2) is 9.46. The van der Waals surface area contributed by atoms with E-state index in [0.717, 1.165) is 38.9 Å². The smallest absolute Gasteiger partial charge is 0.208 e. The summed E-state index contributed by atoms with van der Waals surface area (Å²) in [6, 6.07) is 5.64. The molecule has 1 aliphatic rings. The molecule has 8 heteroatoms. The first-order valence-electron chi connectivity index (χ1n) is 7.82. The molecule has 0 amide bonds. The molecule has 0 atom stereocenters. The number of halogens is 2. The number of ketones is 1. The van der Waals surface area contributed by atoms with E-state index in [2.05, 4.69) is 9.62 Å². The summed E-state index contributed by atoms with van der Waals surface area (Å²) in [4.78, 5) is 14.2. The first-order valence-corrected chi connectivity index (χ1v) is 9.71. The van der Waals surface area contributed by atoms with Gasteiger partial charge in [0.1, 0.15) is 5.82 Å². The highest BCUT2D eigenvalue weighted by Gasteiger charge is 2.21. The fourth-order valence-electron chi connectivity index (χ4n) is 2.82. The van der Waals surface area contributed by atoms with Gasteiger partial charge in [0.05, 0.1) is 6.26 Å². The van der Waals surface area contributed by atoms with Crippen molar-refractivity contribution in [2.45, 2.75) is 31.7 Å². The Labute approximate surface area is 149 Å². The molecule has 0 aliphatic carbocycles. The van der Waals surface area contributed by atoms with E-state index in [9.17, 15) is 17.6 Å². The molecule has 1 N–H and O–H groups in total. The average Bonchev–Trinajstić information content (AvgIpc) is 2.48. The third kappa shape index (κ3) is 7.25. The Morgan fingerprint density at radius 2 is 1.83 bits per heavy atom. The van der Waals surface area contributed by atoms with Crippen LogP contribution in [0.4, 0.5) is 4.39 Å². The number of hydrogen-bond acceptors (Lipinski definition) is 4. The third-order valence-electron chi connectivity index (χ3n) is 4.01. The van der Waals surface area contributed by atoms with Crippen LogP contribution in [0.2, 0.25) is 0 Å². The molecule has 1 saturated heterocycles. The monoisotopic (exact) mass is 378 g/mol. The Balaban J connectivity index is 0.00000288. The Kier molecular flexibility index (Phi) is 8.29. The van der Waals surface area contributed by atoms with Gasteiger partial charge in [-0.15, -0.1) is 12.4 Å². The minimum atomic E-state index is -3.14. The predicted octanol–water partition coefficient (Wildman–Crippen LogP) is 2.22. The van der Waals surface area contributed by atoms with E-state index in [-0.39, 0.29) is 30.0 Å². The molecule has 1 aromatic rings. The van der Waals surface area contributed by atoms with Crippen molar-refractivity contribution >= 4 is 28.2 Å². The zero-order chi connectivity index (χ0) is 16.9. The maximum Gasteiger partial charge on any atom is 0.208 e. The van der Waals surface area contributed by atoms with E-state index in [1.807, 2.05) is 0 Å². The number of carbonyl (C=O) groups is 1. The third-order valence-corrected chi connectivity index (χ3v) is 4.77. The normalized spacial score (nSPS) is 16.6. The van der Waals surface area contributed by atoms with E-state index in [4.69, 9.17) is 0 Å². The number of likely N-dealkylation sites (tertiary alicyclic amines) is 1. The van der Waals surface area contributed by atoms with E-state index >= 15 is 0 Å². The second-order valence-corrected chi connectivity index (χ2v) is 7.82. The van der Waals surface area contributed by atoms with Crippen LogP contribution in [0.15, 0.2) is 24.3 Å². The molecule has 1 aromatic carbocycles. The highest BCUT2D eigenvalue weighted by atomic mass is 35.5. The van der Waals surface area contributed by atoms with E-state index < -0.39 is 10.0 Å². The minimum absolute atomic E-state index is 0. The van der Waals surface area contributed by atoms with E-state index in [1.165, 1.54) is 30.5 Å². The lowest BCUT2D eigenvalue weighted by Gasteiger charge is -2.31. The molecule has 24 heavy (non-hydrogen) atoms. The molecule has 5 nitrogen and oxygen atoms in total. The van der Waals surface area contributed by atoms with Gasteiger partial charge in [-0.05, 0) is 63.2 Å². The van der Waals surface area contributed by atoms with Crippen LogP contribution in [0.25, 0.3) is 0 Å². The van der Waals surface area contributed by atoms with Gasteiger partial charge in [0.2, 0.25) is 10.0 Å². The summed E-state index contributed by atoms with van der Waals surface area (Å²) in [6.45, 7) is 2.48. The summed E-state index contributed by atoms with van der Waals surface area (Å²) in [5.74, 6) is -0.314. The molecule has 0 radical (unpaired) electrons. The summed E-state index contributed by atoms with van der Waals surface area (Å²) in [5.41, 5.74) is 0.544. The lowest BCUT2D eigenvalue weighted by atomic mass is 10.0. The van der Waals surface area contributed by atoms with Crippen molar-refractivity contribution in [2.24, 2.45) is 0 Å². The lowest BCUT2D eigenvalue weighted by molar-refractivity contribution is 0.0972. The van der Waals surface area contributed by atoms with Crippen LogP contribution in [-0.2, 0) is 10.0 Å².